The third kappa shape index (κ3) is 4.18. The van der Waals surface area contributed by atoms with Crippen molar-refractivity contribution in [1.82, 2.24) is 9.29 Å². The molecule has 1 aromatic carbocycles. The molecule has 1 aromatic heterocycles. The number of aromatic nitrogens is 1. The highest BCUT2D eigenvalue weighted by Gasteiger charge is 2.25. The minimum Gasteiger partial charge on any atom is -0.505 e. The van der Waals surface area contributed by atoms with Crippen LogP contribution in [-0.4, -0.2) is 47.2 Å². The molecule has 0 amide bonds. The Kier molecular flexibility index (Phi) is 5.88. The minimum absolute atomic E-state index is 0.0533. The minimum atomic E-state index is -3.54. The molecule has 0 unspecified atom stereocenters. The van der Waals surface area contributed by atoms with Crippen LogP contribution < -0.4 is 0 Å². The van der Waals surface area contributed by atoms with Crippen LogP contribution in [-0.2, 0) is 16.6 Å². The first-order chi connectivity index (χ1) is 12.9. The molecule has 2 heterocycles. The van der Waals surface area contributed by atoms with E-state index in [-0.39, 0.29) is 17.3 Å². The van der Waals surface area contributed by atoms with Gasteiger partial charge in [-0.2, -0.15) is 4.31 Å². The lowest BCUT2D eigenvalue weighted by atomic mass is 10.1. The molecule has 144 valence electrons. The van der Waals surface area contributed by atoms with E-state index in [0.29, 0.717) is 35.6 Å². The van der Waals surface area contributed by atoms with E-state index in [1.807, 2.05) is 0 Å². The zero-order chi connectivity index (χ0) is 19.4. The fourth-order valence-electron chi connectivity index (χ4n) is 3.04. The summed E-state index contributed by atoms with van der Waals surface area (Å²) in [4.78, 5) is 8.51. The van der Waals surface area contributed by atoms with Crippen molar-refractivity contribution in [2.75, 3.05) is 13.1 Å². The number of rotatable bonds is 5. The number of sulfonamides is 1. The fourth-order valence-corrected chi connectivity index (χ4v) is 4.60. The number of aryl methyl sites for hydroxylation is 1. The maximum atomic E-state index is 12.8. The lowest BCUT2D eigenvalue weighted by molar-refractivity contribution is 0.280. The highest BCUT2D eigenvalue weighted by Crippen LogP contribution is 2.26. The Hall–Kier alpha value is -2.29. The van der Waals surface area contributed by atoms with Gasteiger partial charge in [-0.05, 0) is 38.0 Å². The van der Waals surface area contributed by atoms with Gasteiger partial charge in [0.1, 0.15) is 5.75 Å². The van der Waals surface area contributed by atoms with Gasteiger partial charge in [-0.1, -0.05) is 12.5 Å². The number of aromatic hydroxyl groups is 1. The number of pyridine rings is 1. The van der Waals surface area contributed by atoms with Crippen molar-refractivity contribution < 1.29 is 18.6 Å². The normalized spacial score (nSPS) is 16.1. The van der Waals surface area contributed by atoms with Crippen molar-refractivity contribution in [3.05, 3.63) is 47.3 Å². The Morgan fingerprint density at radius 3 is 2.70 bits per heavy atom. The molecular weight excluding hydrogens is 366 g/mol. The molecule has 0 bridgehead atoms. The van der Waals surface area contributed by atoms with Gasteiger partial charge in [-0.15, -0.1) is 0 Å². The molecule has 8 heteroatoms. The maximum absolute atomic E-state index is 12.8. The summed E-state index contributed by atoms with van der Waals surface area (Å²) in [6.45, 7) is 2.45. The largest absolute Gasteiger partial charge is 0.505 e. The van der Waals surface area contributed by atoms with Crippen molar-refractivity contribution >= 4 is 21.9 Å². The van der Waals surface area contributed by atoms with Crippen molar-refractivity contribution in [3.63, 3.8) is 0 Å². The summed E-state index contributed by atoms with van der Waals surface area (Å²) >= 11 is 0. The number of hydrogen-bond donors (Lipinski definition) is 2. The van der Waals surface area contributed by atoms with Crippen molar-refractivity contribution in [2.45, 2.75) is 37.7 Å². The van der Waals surface area contributed by atoms with E-state index in [1.165, 1.54) is 22.8 Å². The molecule has 0 radical (unpaired) electrons. The second-order valence-corrected chi connectivity index (χ2v) is 8.45. The molecule has 0 spiro atoms. The highest BCUT2D eigenvalue weighted by atomic mass is 32.2. The third-order valence-corrected chi connectivity index (χ3v) is 6.54. The molecule has 0 atom stereocenters. The molecule has 1 saturated heterocycles. The number of nitrogens with zero attached hydrogens (tertiary/aromatic N) is 3. The molecule has 2 aromatic rings. The number of aliphatic hydroxyl groups is 1. The molecule has 0 saturated carbocycles. The molecule has 27 heavy (non-hydrogen) atoms. The van der Waals surface area contributed by atoms with Crippen molar-refractivity contribution in [2.24, 2.45) is 4.99 Å². The van der Waals surface area contributed by atoms with Crippen LogP contribution in [0.3, 0.4) is 0 Å². The van der Waals surface area contributed by atoms with Gasteiger partial charge < -0.3 is 10.2 Å². The quantitative estimate of drug-likeness (QED) is 0.765. The number of aliphatic hydroxyl groups excluding tert-OH is 1. The van der Waals surface area contributed by atoms with Crippen LogP contribution in [0.1, 0.15) is 36.1 Å². The van der Waals surface area contributed by atoms with Crippen LogP contribution in [0.4, 0.5) is 5.69 Å². The zero-order valence-corrected chi connectivity index (χ0v) is 16.0. The first-order valence-corrected chi connectivity index (χ1v) is 10.3. The van der Waals surface area contributed by atoms with Crippen molar-refractivity contribution in [1.29, 1.82) is 0 Å². The smallest absolute Gasteiger partial charge is 0.243 e. The van der Waals surface area contributed by atoms with E-state index >= 15 is 0 Å². The number of aliphatic imine (C=N–C) groups is 1. The third-order valence-electron chi connectivity index (χ3n) is 4.64. The summed E-state index contributed by atoms with van der Waals surface area (Å²) < 4.78 is 27.1. The number of piperidine rings is 1. The van der Waals surface area contributed by atoms with Gasteiger partial charge >= 0.3 is 0 Å². The van der Waals surface area contributed by atoms with E-state index in [1.54, 1.807) is 25.1 Å². The average Bonchev–Trinajstić information content (AvgIpc) is 2.70. The molecule has 2 N–H and O–H groups in total. The topological polar surface area (TPSA) is 103 Å². The van der Waals surface area contributed by atoms with Crippen LogP contribution >= 0.6 is 0 Å². The summed E-state index contributed by atoms with van der Waals surface area (Å²) in [7, 11) is -3.54. The van der Waals surface area contributed by atoms with Gasteiger partial charge in [0.2, 0.25) is 10.0 Å². The molecule has 7 nitrogen and oxygen atoms in total. The molecule has 3 rings (SSSR count). The van der Waals surface area contributed by atoms with E-state index < -0.39 is 10.0 Å². The van der Waals surface area contributed by atoms with Gasteiger partial charge in [0, 0.05) is 36.6 Å². The first-order valence-electron chi connectivity index (χ1n) is 8.86. The molecule has 1 fully saturated rings. The number of hydrogen-bond acceptors (Lipinski definition) is 6. The van der Waals surface area contributed by atoms with Crippen LogP contribution in [0.2, 0.25) is 0 Å². The van der Waals surface area contributed by atoms with Gasteiger partial charge in [-0.25, -0.2) is 8.42 Å². The van der Waals surface area contributed by atoms with E-state index in [0.717, 1.165) is 19.3 Å². The van der Waals surface area contributed by atoms with Gasteiger partial charge in [0.15, 0.2) is 0 Å². The van der Waals surface area contributed by atoms with Crippen LogP contribution in [0.5, 0.6) is 5.75 Å². The Morgan fingerprint density at radius 1 is 1.26 bits per heavy atom. The van der Waals surface area contributed by atoms with Crippen LogP contribution in [0, 0.1) is 6.92 Å². The van der Waals surface area contributed by atoms with Gasteiger partial charge in [0.05, 0.1) is 22.9 Å². The second-order valence-electron chi connectivity index (χ2n) is 6.51. The second kappa shape index (κ2) is 8.16. The van der Waals surface area contributed by atoms with E-state index in [9.17, 15) is 18.6 Å². The Morgan fingerprint density at radius 2 is 2.00 bits per heavy atom. The van der Waals surface area contributed by atoms with Crippen molar-refractivity contribution in [3.8, 4) is 5.75 Å². The lowest BCUT2D eigenvalue weighted by Crippen LogP contribution is -2.35. The monoisotopic (exact) mass is 389 g/mol. The summed E-state index contributed by atoms with van der Waals surface area (Å²) in [5, 5.41) is 19.6. The van der Waals surface area contributed by atoms with Gasteiger partial charge in [-0.3, -0.25) is 9.98 Å². The Balaban J connectivity index is 1.91. The summed E-state index contributed by atoms with van der Waals surface area (Å²) in [5.74, 6) is -0.0533. The van der Waals surface area contributed by atoms with E-state index in [2.05, 4.69) is 9.98 Å². The fraction of sp³-hybridized carbons (Fsp3) is 0.368. The Bertz CT molecular complexity index is 951. The lowest BCUT2D eigenvalue weighted by Gasteiger charge is -2.25. The van der Waals surface area contributed by atoms with Crippen LogP contribution in [0.15, 0.2) is 40.4 Å². The Labute approximate surface area is 159 Å². The molecule has 0 aliphatic carbocycles. The summed E-state index contributed by atoms with van der Waals surface area (Å²) in [6.07, 6.45) is 5.71. The summed E-state index contributed by atoms with van der Waals surface area (Å²) in [5.41, 5.74) is 1.69. The highest BCUT2D eigenvalue weighted by molar-refractivity contribution is 7.89. The average molecular weight is 389 g/mol. The molecular formula is C19H23N3O4S. The first kappa shape index (κ1) is 19.5. The maximum Gasteiger partial charge on any atom is 0.243 e. The molecule has 1 aliphatic heterocycles. The van der Waals surface area contributed by atoms with Gasteiger partial charge in [0.25, 0.3) is 0 Å². The molecule has 1 aliphatic rings. The SMILES string of the molecule is Cc1ncc(CO)c(C=Nc2cccc(S(=O)(=O)N3CCCCC3)c2)c1O. The summed E-state index contributed by atoms with van der Waals surface area (Å²) in [6, 6.07) is 6.42. The van der Waals surface area contributed by atoms with Crippen LogP contribution in [0.25, 0.3) is 0 Å². The zero-order valence-electron chi connectivity index (χ0n) is 15.2. The van der Waals surface area contributed by atoms with E-state index in [4.69, 9.17) is 0 Å². The predicted octanol–water partition coefficient (Wildman–Crippen LogP) is 2.51. The predicted molar refractivity (Wildman–Crippen MR) is 103 cm³/mol. The number of benzene rings is 1. The standard InChI is InChI=1S/C19H23N3O4S/c1-14-19(24)18(15(13-23)11-20-14)12-21-16-6-5-7-17(10-16)27(25,26)22-8-3-2-4-9-22/h5-7,10-12,23-24H,2-4,8-9,13H2,1H3.